The van der Waals surface area contributed by atoms with Crippen molar-refractivity contribution in [1.82, 2.24) is 10.1 Å². The summed E-state index contributed by atoms with van der Waals surface area (Å²) in [6.07, 6.45) is 1.44. The Hall–Kier alpha value is -1.44. The fourth-order valence-corrected chi connectivity index (χ4v) is 3.58. The molecule has 6 nitrogen and oxygen atoms in total. The summed E-state index contributed by atoms with van der Waals surface area (Å²) >= 11 is 1.54. The van der Waals surface area contributed by atoms with E-state index < -0.39 is 5.60 Å². The van der Waals surface area contributed by atoms with Crippen molar-refractivity contribution in [1.29, 1.82) is 0 Å². The number of aryl methyl sites for hydroxylation is 1. The molecule has 1 aliphatic heterocycles. The first kappa shape index (κ1) is 14.5. The minimum atomic E-state index is -0.520. The summed E-state index contributed by atoms with van der Waals surface area (Å²) in [5.41, 5.74) is 7.48. The number of methoxy groups -OCH3 is 1. The molecule has 3 rings (SSSR count). The standard InChI is InChI=1S/C14H19N3O3S/c1-8-9(2)21-11(15)10(8)12-16-13(17-20-12)14(18-3)4-6-19-7-5-14/h4-7,15H2,1-3H3. The summed E-state index contributed by atoms with van der Waals surface area (Å²) in [5.74, 6) is 1.04. The Kier molecular flexibility index (Phi) is 3.73. The fourth-order valence-electron chi connectivity index (χ4n) is 2.65. The summed E-state index contributed by atoms with van der Waals surface area (Å²) in [6, 6.07) is 0. The first-order chi connectivity index (χ1) is 10.1. The highest BCUT2D eigenvalue weighted by Gasteiger charge is 2.39. The zero-order valence-corrected chi connectivity index (χ0v) is 13.2. The van der Waals surface area contributed by atoms with Crippen LogP contribution in [0, 0.1) is 13.8 Å². The molecule has 2 aromatic heterocycles. The predicted molar refractivity (Wildman–Crippen MR) is 80.2 cm³/mol. The highest BCUT2D eigenvalue weighted by Crippen LogP contribution is 2.39. The molecule has 114 valence electrons. The maximum absolute atomic E-state index is 6.07. The van der Waals surface area contributed by atoms with Gasteiger partial charge in [0, 0.05) is 38.0 Å². The molecule has 3 heterocycles. The van der Waals surface area contributed by atoms with Crippen LogP contribution in [0.4, 0.5) is 5.00 Å². The molecule has 1 saturated heterocycles. The van der Waals surface area contributed by atoms with Gasteiger partial charge in [-0.1, -0.05) is 5.16 Å². The number of aromatic nitrogens is 2. The van der Waals surface area contributed by atoms with E-state index in [1.807, 2.05) is 13.8 Å². The normalized spacial score (nSPS) is 18.0. The van der Waals surface area contributed by atoms with Gasteiger partial charge in [-0.25, -0.2) is 0 Å². The number of hydrogen-bond acceptors (Lipinski definition) is 7. The SMILES string of the molecule is COC1(c2noc(-c3c(N)sc(C)c3C)n2)CCOCC1. The van der Waals surface area contributed by atoms with Crippen molar-refractivity contribution in [3.8, 4) is 11.5 Å². The average molecular weight is 309 g/mol. The first-order valence-electron chi connectivity index (χ1n) is 6.90. The minimum Gasteiger partial charge on any atom is -0.390 e. The molecule has 2 N–H and O–H groups in total. The third-order valence-electron chi connectivity index (χ3n) is 4.15. The summed E-state index contributed by atoms with van der Waals surface area (Å²) in [5, 5.41) is 4.84. The quantitative estimate of drug-likeness (QED) is 0.938. The van der Waals surface area contributed by atoms with Gasteiger partial charge in [0.2, 0.25) is 5.82 Å². The van der Waals surface area contributed by atoms with Crippen molar-refractivity contribution in [3.05, 3.63) is 16.3 Å². The van der Waals surface area contributed by atoms with Crippen LogP contribution in [-0.4, -0.2) is 30.5 Å². The molecule has 0 unspecified atom stereocenters. The Balaban J connectivity index is 1.99. The largest absolute Gasteiger partial charge is 0.390 e. The van der Waals surface area contributed by atoms with Crippen molar-refractivity contribution in [2.24, 2.45) is 0 Å². The topological polar surface area (TPSA) is 83.4 Å². The highest BCUT2D eigenvalue weighted by atomic mass is 32.1. The van der Waals surface area contributed by atoms with Crippen molar-refractivity contribution in [2.45, 2.75) is 32.3 Å². The van der Waals surface area contributed by atoms with Gasteiger partial charge in [0.15, 0.2) is 0 Å². The molecule has 0 atom stereocenters. The number of ether oxygens (including phenoxy) is 2. The van der Waals surface area contributed by atoms with Gasteiger partial charge < -0.3 is 19.7 Å². The number of rotatable bonds is 3. The van der Waals surface area contributed by atoms with Crippen molar-refractivity contribution in [3.63, 3.8) is 0 Å². The molecule has 0 aromatic carbocycles. The molecule has 0 saturated carbocycles. The van der Waals surface area contributed by atoms with Crippen molar-refractivity contribution >= 4 is 16.3 Å². The Morgan fingerprint density at radius 3 is 2.57 bits per heavy atom. The van der Waals surface area contributed by atoms with Gasteiger partial charge in [0.1, 0.15) is 5.60 Å². The van der Waals surface area contributed by atoms with Gasteiger partial charge >= 0.3 is 0 Å². The van der Waals surface area contributed by atoms with E-state index in [1.165, 1.54) is 11.3 Å². The third kappa shape index (κ3) is 2.35. The van der Waals surface area contributed by atoms with Gasteiger partial charge in [0.25, 0.3) is 5.89 Å². The Bertz CT molecular complexity index is 644. The van der Waals surface area contributed by atoms with E-state index in [0.717, 1.165) is 28.8 Å². The van der Waals surface area contributed by atoms with Crippen LogP contribution in [0.2, 0.25) is 0 Å². The smallest absolute Gasteiger partial charge is 0.261 e. The second-order valence-electron chi connectivity index (χ2n) is 5.26. The van der Waals surface area contributed by atoms with E-state index >= 15 is 0 Å². The molecule has 0 radical (unpaired) electrons. The second-order valence-corrected chi connectivity index (χ2v) is 6.51. The molecule has 7 heteroatoms. The second kappa shape index (κ2) is 5.40. The molecular formula is C14H19N3O3S. The summed E-state index contributed by atoms with van der Waals surface area (Å²) < 4.78 is 16.5. The minimum absolute atomic E-state index is 0.465. The Morgan fingerprint density at radius 2 is 2.00 bits per heavy atom. The molecular weight excluding hydrogens is 290 g/mol. The van der Waals surface area contributed by atoms with Gasteiger partial charge in [-0.15, -0.1) is 11.3 Å². The molecule has 0 aliphatic carbocycles. The third-order valence-corrected chi connectivity index (χ3v) is 5.19. The lowest BCUT2D eigenvalue weighted by Crippen LogP contribution is -2.36. The lowest BCUT2D eigenvalue weighted by molar-refractivity contribution is -0.101. The molecule has 0 amide bonds. The van der Waals surface area contributed by atoms with Crippen LogP contribution >= 0.6 is 11.3 Å². The van der Waals surface area contributed by atoms with Crippen LogP contribution in [0.25, 0.3) is 11.5 Å². The number of anilines is 1. The number of nitrogen functional groups attached to an aromatic ring is 1. The van der Waals surface area contributed by atoms with Crippen LogP contribution in [0.5, 0.6) is 0 Å². The van der Waals surface area contributed by atoms with Gasteiger partial charge in [-0.2, -0.15) is 4.98 Å². The highest BCUT2D eigenvalue weighted by molar-refractivity contribution is 7.16. The maximum Gasteiger partial charge on any atom is 0.261 e. The summed E-state index contributed by atoms with van der Waals surface area (Å²) in [7, 11) is 1.68. The van der Waals surface area contributed by atoms with E-state index in [4.69, 9.17) is 19.7 Å². The maximum atomic E-state index is 6.07. The number of nitrogens with zero attached hydrogens (tertiary/aromatic N) is 2. The van der Waals surface area contributed by atoms with Crippen molar-refractivity contribution < 1.29 is 14.0 Å². The van der Waals surface area contributed by atoms with E-state index in [9.17, 15) is 0 Å². The molecule has 2 aromatic rings. The van der Waals surface area contributed by atoms with Gasteiger partial charge in [-0.3, -0.25) is 0 Å². The lowest BCUT2D eigenvalue weighted by atomic mass is 9.93. The zero-order chi connectivity index (χ0) is 15.0. The van der Waals surface area contributed by atoms with E-state index in [1.54, 1.807) is 7.11 Å². The van der Waals surface area contributed by atoms with Crippen LogP contribution in [0.1, 0.15) is 29.1 Å². The lowest BCUT2D eigenvalue weighted by Gasteiger charge is -2.32. The Labute approximate surface area is 127 Å². The zero-order valence-electron chi connectivity index (χ0n) is 12.4. The van der Waals surface area contributed by atoms with Crippen LogP contribution in [0.15, 0.2) is 4.52 Å². The monoisotopic (exact) mass is 309 g/mol. The molecule has 0 spiro atoms. The number of thiophene rings is 1. The fraction of sp³-hybridized carbons (Fsp3) is 0.571. The van der Waals surface area contributed by atoms with E-state index in [-0.39, 0.29) is 0 Å². The van der Waals surface area contributed by atoms with Crippen molar-refractivity contribution in [2.75, 3.05) is 26.1 Å². The molecule has 1 fully saturated rings. The van der Waals surface area contributed by atoms with Gasteiger partial charge in [-0.05, 0) is 19.4 Å². The number of hydrogen-bond donors (Lipinski definition) is 1. The van der Waals surface area contributed by atoms with Crippen LogP contribution in [-0.2, 0) is 15.1 Å². The van der Waals surface area contributed by atoms with E-state index in [2.05, 4.69) is 10.1 Å². The van der Waals surface area contributed by atoms with Gasteiger partial charge in [0.05, 0.1) is 10.6 Å². The summed E-state index contributed by atoms with van der Waals surface area (Å²) in [6.45, 7) is 5.32. The molecule has 21 heavy (non-hydrogen) atoms. The van der Waals surface area contributed by atoms with Crippen LogP contribution < -0.4 is 5.73 Å². The predicted octanol–water partition coefficient (Wildman–Crippen LogP) is 2.65. The molecule has 0 bridgehead atoms. The number of nitrogens with two attached hydrogens (primary N) is 1. The molecule has 1 aliphatic rings. The Morgan fingerprint density at radius 1 is 1.29 bits per heavy atom. The first-order valence-corrected chi connectivity index (χ1v) is 7.72. The van der Waals surface area contributed by atoms with E-state index in [0.29, 0.717) is 29.9 Å². The van der Waals surface area contributed by atoms with Crippen LogP contribution in [0.3, 0.4) is 0 Å². The summed E-state index contributed by atoms with van der Waals surface area (Å²) in [4.78, 5) is 5.71. The average Bonchev–Trinajstić information content (AvgIpc) is 3.06.